The molecule has 2 rings (SSSR count). The highest BCUT2D eigenvalue weighted by molar-refractivity contribution is 9.10. The second-order valence-corrected chi connectivity index (χ2v) is 4.68. The van der Waals surface area contributed by atoms with Gasteiger partial charge in [0.15, 0.2) is 0 Å². The molecule has 0 unspecified atom stereocenters. The lowest BCUT2D eigenvalue weighted by Crippen LogP contribution is -2.20. The van der Waals surface area contributed by atoms with Gasteiger partial charge in [0.2, 0.25) is 0 Å². The number of aromatic carboxylic acids is 1. The average Bonchev–Trinajstić information content (AvgIpc) is 2.81. The summed E-state index contributed by atoms with van der Waals surface area (Å²) in [5.74, 6) is 0.144. The summed E-state index contributed by atoms with van der Waals surface area (Å²) in [7, 11) is 1.77. The van der Waals surface area contributed by atoms with Crippen LogP contribution in [0.25, 0.3) is 0 Å². The van der Waals surface area contributed by atoms with Gasteiger partial charge in [0, 0.05) is 17.7 Å². The van der Waals surface area contributed by atoms with E-state index in [1.54, 1.807) is 30.5 Å². The van der Waals surface area contributed by atoms with E-state index in [2.05, 4.69) is 20.9 Å². The van der Waals surface area contributed by atoms with Gasteiger partial charge >= 0.3 is 5.97 Å². The molecular formula is C12H11BrN2O3. The minimum absolute atomic E-state index is 0.151. The number of carboxylic acids is 1. The summed E-state index contributed by atoms with van der Waals surface area (Å²) in [6.07, 6.45) is 3.15. The molecule has 0 bridgehead atoms. The summed E-state index contributed by atoms with van der Waals surface area (Å²) < 4.78 is 5.86. The minimum Gasteiger partial charge on any atom is -0.478 e. The standard InChI is InChI=1S/C12H11BrN2O3/c1-15(7-9-3-2-4-18-9)11-10(12(16)17)5-8(13)6-14-11/h2-6H,7H2,1H3,(H,16,17). The van der Waals surface area contributed by atoms with Crippen LogP contribution in [0.2, 0.25) is 0 Å². The predicted octanol–water partition coefficient (Wildman–Crippen LogP) is 2.77. The zero-order valence-electron chi connectivity index (χ0n) is 9.63. The molecule has 0 fully saturated rings. The Morgan fingerprint density at radius 1 is 1.61 bits per heavy atom. The van der Waals surface area contributed by atoms with Crippen LogP contribution in [-0.4, -0.2) is 23.1 Å². The van der Waals surface area contributed by atoms with Crippen molar-refractivity contribution in [2.75, 3.05) is 11.9 Å². The molecule has 94 valence electrons. The highest BCUT2D eigenvalue weighted by Gasteiger charge is 2.16. The van der Waals surface area contributed by atoms with Gasteiger partial charge in [0.1, 0.15) is 17.1 Å². The first-order chi connectivity index (χ1) is 8.58. The van der Waals surface area contributed by atoms with Crippen molar-refractivity contribution in [3.05, 3.63) is 46.5 Å². The van der Waals surface area contributed by atoms with Gasteiger partial charge in [-0.3, -0.25) is 0 Å². The van der Waals surface area contributed by atoms with Crippen molar-refractivity contribution in [3.8, 4) is 0 Å². The van der Waals surface area contributed by atoms with Crippen molar-refractivity contribution in [1.82, 2.24) is 4.98 Å². The van der Waals surface area contributed by atoms with Gasteiger partial charge < -0.3 is 14.4 Å². The SMILES string of the molecule is CN(Cc1ccco1)c1ncc(Br)cc1C(=O)O. The normalized spacial score (nSPS) is 10.3. The van der Waals surface area contributed by atoms with Crippen LogP contribution in [0.1, 0.15) is 16.1 Å². The van der Waals surface area contributed by atoms with E-state index in [0.29, 0.717) is 16.8 Å². The lowest BCUT2D eigenvalue weighted by atomic mass is 10.2. The van der Waals surface area contributed by atoms with E-state index < -0.39 is 5.97 Å². The number of rotatable bonds is 4. The number of halogens is 1. The summed E-state index contributed by atoms with van der Waals surface area (Å²) in [5.41, 5.74) is 0.151. The number of carboxylic acid groups (broad SMARTS) is 1. The molecule has 0 amide bonds. The van der Waals surface area contributed by atoms with Gasteiger partial charge in [-0.1, -0.05) is 0 Å². The van der Waals surface area contributed by atoms with Gasteiger partial charge in [-0.15, -0.1) is 0 Å². The molecule has 18 heavy (non-hydrogen) atoms. The number of aromatic nitrogens is 1. The fourth-order valence-corrected chi connectivity index (χ4v) is 1.94. The zero-order valence-corrected chi connectivity index (χ0v) is 11.2. The van der Waals surface area contributed by atoms with E-state index >= 15 is 0 Å². The molecule has 2 aromatic rings. The average molecular weight is 311 g/mol. The second kappa shape index (κ2) is 5.22. The van der Waals surface area contributed by atoms with Crippen molar-refractivity contribution in [1.29, 1.82) is 0 Å². The van der Waals surface area contributed by atoms with Crippen LogP contribution in [0.4, 0.5) is 5.82 Å². The van der Waals surface area contributed by atoms with Crippen LogP contribution >= 0.6 is 15.9 Å². The predicted molar refractivity (Wildman–Crippen MR) is 69.7 cm³/mol. The third-order valence-corrected chi connectivity index (χ3v) is 2.83. The molecule has 5 nitrogen and oxygen atoms in total. The van der Waals surface area contributed by atoms with Gasteiger partial charge in [-0.05, 0) is 34.1 Å². The molecule has 0 spiro atoms. The molecule has 0 aliphatic carbocycles. The summed E-state index contributed by atoms with van der Waals surface area (Å²) in [5, 5.41) is 9.15. The zero-order chi connectivity index (χ0) is 13.1. The van der Waals surface area contributed by atoms with E-state index in [0.717, 1.165) is 5.76 Å². The first-order valence-corrected chi connectivity index (χ1v) is 5.99. The Labute approximate surface area is 112 Å². The first-order valence-electron chi connectivity index (χ1n) is 5.20. The third-order valence-electron chi connectivity index (χ3n) is 2.40. The largest absolute Gasteiger partial charge is 0.478 e. The van der Waals surface area contributed by atoms with Crippen LogP contribution in [0.3, 0.4) is 0 Å². The van der Waals surface area contributed by atoms with Crippen molar-refractivity contribution in [3.63, 3.8) is 0 Å². The molecule has 0 aliphatic rings. The monoisotopic (exact) mass is 310 g/mol. The Morgan fingerprint density at radius 3 is 3.00 bits per heavy atom. The van der Waals surface area contributed by atoms with Crippen LogP contribution in [0, 0.1) is 0 Å². The number of carbonyl (C=O) groups is 1. The molecule has 2 aromatic heterocycles. The number of nitrogens with zero attached hydrogens (tertiary/aromatic N) is 2. The van der Waals surface area contributed by atoms with Crippen molar-refractivity contribution >= 4 is 27.7 Å². The molecule has 0 radical (unpaired) electrons. The van der Waals surface area contributed by atoms with Gasteiger partial charge in [-0.2, -0.15) is 0 Å². The topological polar surface area (TPSA) is 66.6 Å². The number of hydrogen-bond donors (Lipinski definition) is 1. The maximum absolute atomic E-state index is 11.2. The van der Waals surface area contributed by atoms with Crippen LogP contribution in [0.5, 0.6) is 0 Å². The second-order valence-electron chi connectivity index (χ2n) is 3.77. The molecular weight excluding hydrogens is 300 g/mol. The third kappa shape index (κ3) is 2.70. The van der Waals surface area contributed by atoms with E-state index in [4.69, 9.17) is 9.52 Å². The number of hydrogen-bond acceptors (Lipinski definition) is 4. The molecule has 0 aliphatic heterocycles. The van der Waals surface area contributed by atoms with Crippen molar-refractivity contribution in [2.24, 2.45) is 0 Å². The smallest absolute Gasteiger partial charge is 0.339 e. The minimum atomic E-state index is -1.01. The molecule has 6 heteroatoms. The summed E-state index contributed by atoms with van der Waals surface area (Å²) in [4.78, 5) is 17.0. The van der Waals surface area contributed by atoms with Gasteiger partial charge in [-0.25, -0.2) is 9.78 Å². The molecule has 0 saturated heterocycles. The van der Waals surface area contributed by atoms with Gasteiger partial charge in [0.25, 0.3) is 0 Å². The van der Waals surface area contributed by atoms with E-state index in [-0.39, 0.29) is 5.56 Å². The Bertz CT molecular complexity index is 554. The quantitative estimate of drug-likeness (QED) is 0.940. The maximum Gasteiger partial charge on any atom is 0.339 e. The molecule has 0 aromatic carbocycles. The highest BCUT2D eigenvalue weighted by atomic mass is 79.9. The Morgan fingerprint density at radius 2 is 2.39 bits per heavy atom. The summed E-state index contributed by atoms with van der Waals surface area (Å²) in [6, 6.07) is 5.15. The Balaban J connectivity index is 2.29. The maximum atomic E-state index is 11.2. The number of furan rings is 1. The van der Waals surface area contributed by atoms with E-state index in [1.165, 1.54) is 6.07 Å². The lowest BCUT2D eigenvalue weighted by molar-refractivity contribution is 0.0697. The Hall–Kier alpha value is -1.82. The van der Waals surface area contributed by atoms with E-state index in [1.807, 2.05) is 6.07 Å². The van der Waals surface area contributed by atoms with Crippen molar-refractivity contribution in [2.45, 2.75) is 6.54 Å². The fraction of sp³-hybridized carbons (Fsp3) is 0.167. The van der Waals surface area contributed by atoms with Crippen LogP contribution in [0.15, 0.2) is 39.5 Å². The molecule has 0 saturated carbocycles. The van der Waals surface area contributed by atoms with Crippen molar-refractivity contribution < 1.29 is 14.3 Å². The fourth-order valence-electron chi connectivity index (χ4n) is 1.60. The van der Waals surface area contributed by atoms with Crippen LogP contribution < -0.4 is 4.90 Å². The van der Waals surface area contributed by atoms with Gasteiger partial charge in [0.05, 0.1) is 12.8 Å². The lowest BCUT2D eigenvalue weighted by Gasteiger charge is -2.18. The number of anilines is 1. The molecule has 0 atom stereocenters. The molecule has 2 heterocycles. The Kier molecular flexibility index (Phi) is 3.66. The van der Waals surface area contributed by atoms with Crippen LogP contribution in [-0.2, 0) is 6.54 Å². The molecule has 1 N–H and O–H groups in total. The summed E-state index contributed by atoms with van der Waals surface area (Å²) >= 11 is 3.21. The van der Waals surface area contributed by atoms with E-state index in [9.17, 15) is 4.79 Å². The first kappa shape index (κ1) is 12.6. The highest BCUT2D eigenvalue weighted by Crippen LogP contribution is 2.22. The number of pyridine rings is 1. The summed E-state index contributed by atoms with van der Waals surface area (Å²) in [6.45, 7) is 0.460.